The second-order valence-corrected chi connectivity index (χ2v) is 5.63. The maximum atomic E-state index is 5.43. The first-order valence-electron chi connectivity index (χ1n) is 7.59. The summed E-state index contributed by atoms with van der Waals surface area (Å²) in [5, 5.41) is 0. The van der Waals surface area contributed by atoms with Crippen molar-refractivity contribution in [3.05, 3.63) is 53.9 Å². The molecule has 0 saturated carbocycles. The fourth-order valence-corrected chi connectivity index (χ4v) is 2.85. The molecule has 0 radical (unpaired) electrons. The van der Waals surface area contributed by atoms with Crippen LogP contribution in [0.15, 0.2) is 42.6 Å². The number of morpholine rings is 1. The molecule has 110 valence electrons. The molecule has 21 heavy (non-hydrogen) atoms. The predicted octanol–water partition coefficient (Wildman–Crippen LogP) is 3.45. The molecule has 0 unspecified atom stereocenters. The third-order valence-corrected chi connectivity index (χ3v) is 4.22. The Morgan fingerprint density at radius 2 is 1.76 bits per heavy atom. The second kappa shape index (κ2) is 6.37. The fourth-order valence-electron chi connectivity index (χ4n) is 2.85. The standard InChI is InChI=1S/C18H22N2O/c1-14-13-18(7-8-19-14)17-5-3-16(4-6-17)15(2)20-9-11-21-12-10-20/h3-8,13,15H,9-12H2,1-2H3/t15-/m1/s1. The van der Waals surface area contributed by atoms with E-state index in [2.05, 4.69) is 53.2 Å². The van der Waals surface area contributed by atoms with Gasteiger partial charge in [0, 0.05) is 31.0 Å². The van der Waals surface area contributed by atoms with Crippen LogP contribution in [0.1, 0.15) is 24.2 Å². The van der Waals surface area contributed by atoms with Gasteiger partial charge in [0.1, 0.15) is 0 Å². The van der Waals surface area contributed by atoms with Gasteiger partial charge < -0.3 is 4.74 Å². The Morgan fingerprint density at radius 3 is 2.43 bits per heavy atom. The molecule has 0 bridgehead atoms. The van der Waals surface area contributed by atoms with Crippen LogP contribution in [0.25, 0.3) is 11.1 Å². The number of rotatable bonds is 3. The summed E-state index contributed by atoms with van der Waals surface area (Å²) in [7, 11) is 0. The molecule has 1 aromatic heterocycles. The summed E-state index contributed by atoms with van der Waals surface area (Å²) in [6.07, 6.45) is 1.87. The third kappa shape index (κ3) is 3.31. The first-order chi connectivity index (χ1) is 10.2. The largest absolute Gasteiger partial charge is 0.379 e. The Kier molecular flexibility index (Phi) is 4.32. The molecule has 1 aliphatic heterocycles. The predicted molar refractivity (Wildman–Crippen MR) is 85.2 cm³/mol. The van der Waals surface area contributed by atoms with Crippen LogP contribution in [0.5, 0.6) is 0 Å². The van der Waals surface area contributed by atoms with E-state index in [0.29, 0.717) is 6.04 Å². The Bertz CT molecular complexity index is 588. The second-order valence-electron chi connectivity index (χ2n) is 5.63. The lowest BCUT2D eigenvalue weighted by Gasteiger charge is -2.32. The number of benzene rings is 1. The van der Waals surface area contributed by atoms with E-state index in [-0.39, 0.29) is 0 Å². The number of aryl methyl sites for hydroxylation is 1. The molecule has 0 spiro atoms. The van der Waals surface area contributed by atoms with Crippen molar-refractivity contribution < 1.29 is 4.74 Å². The molecular weight excluding hydrogens is 260 g/mol. The molecule has 3 nitrogen and oxygen atoms in total. The Balaban J connectivity index is 1.77. The van der Waals surface area contributed by atoms with Crippen LogP contribution in [0.3, 0.4) is 0 Å². The van der Waals surface area contributed by atoms with E-state index in [1.807, 2.05) is 13.1 Å². The van der Waals surface area contributed by atoms with E-state index in [0.717, 1.165) is 32.0 Å². The molecule has 2 heterocycles. The summed E-state index contributed by atoms with van der Waals surface area (Å²) in [5.74, 6) is 0. The molecule has 2 aromatic rings. The smallest absolute Gasteiger partial charge is 0.0594 e. The van der Waals surface area contributed by atoms with Gasteiger partial charge in [-0.3, -0.25) is 9.88 Å². The zero-order chi connectivity index (χ0) is 14.7. The Labute approximate surface area is 126 Å². The molecule has 3 rings (SSSR count). The maximum absolute atomic E-state index is 5.43. The van der Waals surface area contributed by atoms with E-state index < -0.39 is 0 Å². The van der Waals surface area contributed by atoms with Crippen LogP contribution in [-0.2, 0) is 4.74 Å². The highest BCUT2D eigenvalue weighted by Gasteiger charge is 2.18. The number of hydrogen-bond acceptors (Lipinski definition) is 3. The van der Waals surface area contributed by atoms with Crippen LogP contribution >= 0.6 is 0 Å². The normalized spacial score (nSPS) is 17.6. The zero-order valence-corrected chi connectivity index (χ0v) is 12.7. The van der Waals surface area contributed by atoms with Crippen molar-refractivity contribution in [1.29, 1.82) is 0 Å². The molecule has 3 heteroatoms. The lowest BCUT2D eigenvalue weighted by Crippen LogP contribution is -2.37. The van der Waals surface area contributed by atoms with Crippen LogP contribution in [-0.4, -0.2) is 36.2 Å². The zero-order valence-electron chi connectivity index (χ0n) is 12.7. The van der Waals surface area contributed by atoms with Gasteiger partial charge in [-0.05, 0) is 42.7 Å². The van der Waals surface area contributed by atoms with E-state index in [1.165, 1.54) is 16.7 Å². The first kappa shape index (κ1) is 14.2. The van der Waals surface area contributed by atoms with Crippen LogP contribution in [0, 0.1) is 6.92 Å². The highest BCUT2D eigenvalue weighted by atomic mass is 16.5. The number of ether oxygens (including phenoxy) is 1. The average Bonchev–Trinajstić information content (AvgIpc) is 2.55. The van der Waals surface area contributed by atoms with Crippen LogP contribution in [0.2, 0.25) is 0 Å². The van der Waals surface area contributed by atoms with E-state index in [9.17, 15) is 0 Å². The van der Waals surface area contributed by atoms with Crippen molar-refractivity contribution in [1.82, 2.24) is 9.88 Å². The van der Waals surface area contributed by atoms with Crippen molar-refractivity contribution in [2.75, 3.05) is 26.3 Å². The van der Waals surface area contributed by atoms with Crippen molar-refractivity contribution >= 4 is 0 Å². The molecule has 1 aromatic carbocycles. The summed E-state index contributed by atoms with van der Waals surface area (Å²) < 4.78 is 5.43. The molecule has 0 N–H and O–H groups in total. The molecule has 0 aliphatic carbocycles. The number of nitrogens with zero attached hydrogens (tertiary/aromatic N) is 2. The van der Waals surface area contributed by atoms with Crippen LogP contribution < -0.4 is 0 Å². The first-order valence-corrected chi connectivity index (χ1v) is 7.59. The minimum Gasteiger partial charge on any atom is -0.379 e. The van der Waals surface area contributed by atoms with E-state index >= 15 is 0 Å². The molecule has 0 amide bonds. The van der Waals surface area contributed by atoms with Crippen LogP contribution in [0.4, 0.5) is 0 Å². The molecule has 1 aliphatic rings. The lowest BCUT2D eigenvalue weighted by atomic mass is 10.0. The molecular formula is C18H22N2O. The van der Waals surface area contributed by atoms with Crippen molar-refractivity contribution in [3.8, 4) is 11.1 Å². The Hall–Kier alpha value is -1.71. The highest BCUT2D eigenvalue weighted by Crippen LogP contribution is 2.25. The van der Waals surface area contributed by atoms with Gasteiger partial charge in [-0.25, -0.2) is 0 Å². The summed E-state index contributed by atoms with van der Waals surface area (Å²) in [6, 6.07) is 13.5. The monoisotopic (exact) mass is 282 g/mol. The summed E-state index contributed by atoms with van der Waals surface area (Å²) in [5.41, 5.74) is 4.90. The van der Waals surface area contributed by atoms with Gasteiger partial charge in [0.25, 0.3) is 0 Å². The highest BCUT2D eigenvalue weighted by molar-refractivity contribution is 5.63. The lowest BCUT2D eigenvalue weighted by molar-refractivity contribution is 0.0198. The maximum Gasteiger partial charge on any atom is 0.0594 e. The van der Waals surface area contributed by atoms with Gasteiger partial charge >= 0.3 is 0 Å². The van der Waals surface area contributed by atoms with Gasteiger partial charge in [-0.15, -0.1) is 0 Å². The number of hydrogen-bond donors (Lipinski definition) is 0. The summed E-state index contributed by atoms with van der Waals surface area (Å²) in [4.78, 5) is 6.74. The fraction of sp³-hybridized carbons (Fsp3) is 0.389. The van der Waals surface area contributed by atoms with E-state index in [4.69, 9.17) is 4.74 Å². The van der Waals surface area contributed by atoms with Gasteiger partial charge in [0.05, 0.1) is 13.2 Å². The average molecular weight is 282 g/mol. The molecule has 1 fully saturated rings. The SMILES string of the molecule is Cc1cc(-c2ccc([C@@H](C)N3CCOCC3)cc2)ccn1. The quantitative estimate of drug-likeness (QED) is 0.862. The van der Waals surface area contributed by atoms with Gasteiger partial charge in [0.2, 0.25) is 0 Å². The van der Waals surface area contributed by atoms with Gasteiger partial charge in [-0.2, -0.15) is 0 Å². The summed E-state index contributed by atoms with van der Waals surface area (Å²) >= 11 is 0. The number of pyridine rings is 1. The minimum absolute atomic E-state index is 0.446. The van der Waals surface area contributed by atoms with Crippen molar-refractivity contribution in [2.45, 2.75) is 19.9 Å². The molecule has 1 atom stereocenters. The third-order valence-electron chi connectivity index (χ3n) is 4.22. The van der Waals surface area contributed by atoms with Gasteiger partial charge in [0.15, 0.2) is 0 Å². The minimum atomic E-state index is 0.446. The van der Waals surface area contributed by atoms with E-state index in [1.54, 1.807) is 0 Å². The van der Waals surface area contributed by atoms with Crippen molar-refractivity contribution in [2.24, 2.45) is 0 Å². The van der Waals surface area contributed by atoms with Crippen molar-refractivity contribution in [3.63, 3.8) is 0 Å². The van der Waals surface area contributed by atoms with Gasteiger partial charge in [-0.1, -0.05) is 24.3 Å². The topological polar surface area (TPSA) is 25.4 Å². The summed E-state index contributed by atoms with van der Waals surface area (Å²) in [6.45, 7) is 8.03. The number of aromatic nitrogens is 1. The Morgan fingerprint density at radius 1 is 1.05 bits per heavy atom. The molecule has 1 saturated heterocycles.